The Kier molecular flexibility index (Phi) is 4.36. The zero-order valence-corrected chi connectivity index (χ0v) is 13.1. The molecular formula is C17H27N3O. The summed E-state index contributed by atoms with van der Waals surface area (Å²) in [6, 6.07) is 8.35. The second-order valence-corrected chi connectivity index (χ2v) is 6.53. The van der Waals surface area contributed by atoms with E-state index >= 15 is 0 Å². The first kappa shape index (κ1) is 14.7. The van der Waals surface area contributed by atoms with Crippen molar-refractivity contribution in [3.8, 4) is 5.75 Å². The van der Waals surface area contributed by atoms with Gasteiger partial charge in [-0.1, -0.05) is 18.9 Å². The van der Waals surface area contributed by atoms with E-state index < -0.39 is 0 Å². The van der Waals surface area contributed by atoms with Gasteiger partial charge in [0.25, 0.3) is 0 Å². The van der Waals surface area contributed by atoms with E-state index in [-0.39, 0.29) is 5.54 Å². The van der Waals surface area contributed by atoms with Gasteiger partial charge in [-0.2, -0.15) is 0 Å². The zero-order valence-electron chi connectivity index (χ0n) is 13.1. The molecule has 4 heteroatoms. The van der Waals surface area contributed by atoms with E-state index in [1.165, 1.54) is 31.4 Å². The first-order valence-corrected chi connectivity index (χ1v) is 8.09. The number of rotatable bonds is 4. The van der Waals surface area contributed by atoms with Crippen molar-refractivity contribution in [1.29, 1.82) is 0 Å². The molecule has 1 aromatic carbocycles. The molecule has 1 saturated carbocycles. The van der Waals surface area contributed by atoms with Gasteiger partial charge in [-0.05, 0) is 25.0 Å². The van der Waals surface area contributed by atoms with Crippen LogP contribution in [0, 0.1) is 0 Å². The lowest BCUT2D eigenvalue weighted by Crippen LogP contribution is -2.54. The fraction of sp³-hybridized carbons (Fsp3) is 0.647. The fourth-order valence-electron chi connectivity index (χ4n) is 3.65. The number of nitrogens with zero attached hydrogens (tertiary/aromatic N) is 2. The SMILES string of the molecule is COc1cccc(N2CCN(CC3(N)CCCC3)CC2)c1. The van der Waals surface area contributed by atoms with Crippen LogP contribution in [0.2, 0.25) is 0 Å². The maximum atomic E-state index is 6.50. The van der Waals surface area contributed by atoms with Crippen LogP contribution >= 0.6 is 0 Å². The third-order valence-electron chi connectivity index (χ3n) is 4.93. The Morgan fingerprint density at radius 1 is 1.14 bits per heavy atom. The van der Waals surface area contributed by atoms with E-state index in [0.29, 0.717) is 0 Å². The number of ether oxygens (including phenoxy) is 1. The largest absolute Gasteiger partial charge is 0.497 e. The van der Waals surface area contributed by atoms with Gasteiger partial charge in [-0.15, -0.1) is 0 Å². The predicted molar refractivity (Wildman–Crippen MR) is 87.0 cm³/mol. The van der Waals surface area contributed by atoms with E-state index in [9.17, 15) is 0 Å². The first-order valence-electron chi connectivity index (χ1n) is 8.09. The number of methoxy groups -OCH3 is 1. The number of hydrogen-bond donors (Lipinski definition) is 1. The van der Waals surface area contributed by atoms with Crippen LogP contribution in [0.15, 0.2) is 24.3 Å². The molecule has 0 amide bonds. The van der Waals surface area contributed by atoms with Gasteiger partial charge < -0.3 is 15.4 Å². The summed E-state index contributed by atoms with van der Waals surface area (Å²) in [6.45, 7) is 5.43. The third kappa shape index (κ3) is 3.50. The number of benzene rings is 1. The van der Waals surface area contributed by atoms with E-state index in [2.05, 4.69) is 28.0 Å². The summed E-state index contributed by atoms with van der Waals surface area (Å²) < 4.78 is 5.32. The van der Waals surface area contributed by atoms with Gasteiger partial charge in [0.05, 0.1) is 7.11 Å². The van der Waals surface area contributed by atoms with Gasteiger partial charge >= 0.3 is 0 Å². The van der Waals surface area contributed by atoms with Crippen molar-refractivity contribution in [2.45, 2.75) is 31.2 Å². The molecule has 1 aromatic rings. The quantitative estimate of drug-likeness (QED) is 0.921. The second-order valence-electron chi connectivity index (χ2n) is 6.53. The lowest BCUT2D eigenvalue weighted by Gasteiger charge is -2.39. The van der Waals surface area contributed by atoms with Crippen molar-refractivity contribution in [1.82, 2.24) is 4.90 Å². The monoisotopic (exact) mass is 289 g/mol. The van der Waals surface area contributed by atoms with Gasteiger partial charge in [0, 0.05) is 50.0 Å². The molecule has 116 valence electrons. The topological polar surface area (TPSA) is 41.7 Å². The molecule has 2 fully saturated rings. The summed E-state index contributed by atoms with van der Waals surface area (Å²) in [6.07, 6.45) is 5.01. The third-order valence-corrected chi connectivity index (χ3v) is 4.93. The summed E-state index contributed by atoms with van der Waals surface area (Å²) in [5.74, 6) is 0.932. The normalized spacial score (nSPS) is 22.5. The highest BCUT2D eigenvalue weighted by molar-refractivity contribution is 5.51. The van der Waals surface area contributed by atoms with Crippen molar-refractivity contribution >= 4 is 5.69 Å². The van der Waals surface area contributed by atoms with Crippen LogP contribution in [0.3, 0.4) is 0 Å². The smallest absolute Gasteiger partial charge is 0.120 e. The van der Waals surface area contributed by atoms with Crippen molar-refractivity contribution in [3.05, 3.63) is 24.3 Å². The van der Waals surface area contributed by atoms with E-state index in [1.807, 2.05) is 6.07 Å². The van der Waals surface area contributed by atoms with Crippen LogP contribution in [0.5, 0.6) is 5.75 Å². The van der Waals surface area contributed by atoms with Gasteiger partial charge in [-0.3, -0.25) is 4.90 Å². The molecule has 1 aliphatic heterocycles. The zero-order chi connectivity index (χ0) is 14.7. The molecule has 0 aromatic heterocycles. The van der Waals surface area contributed by atoms with E-state index in [0.717, 1.165) is 38.5 Å². The van der Waals surface area contributed by atoms with Crippen LogP contribution in [-0.2, 0) is 0 Å². The minimum Gasteiger partial charge on any atom is -0.497 e. The van der Waals surface area contributed by atoms with Crippen LogP contribution in [0.1, 0.15) is 25.7 Å². The summed E-state index contributed by atoms with van der Waals surface area (Å²) in [5.41, 5.74) is 7.84. The number of nitrogens with two attached hydrogens (primary N) is 1. The van der Waals surface area contributed by atoms with Crippen molar-refractivity contribution in [2.75, 3.05) is 44.7 Å². The molecule has 4 nitrogen and oxygen atoms in total. The van der Waals surface area contributed by atoms with Crippen molar-refractivity contribution < 1.29 is 4.74 Å². The molecule has 2 N–H and O–H groups in total. The first-order chi connectivity index (χ1) is 10.2. The number of anilines is 1. The number of hydrogen-bond acceptors (Lipinski definition) is 4. The van der Waals surface area contributed by atoms with Crippen LogP contribution in [0.4, 0.5) is 5.69 Å². The molecule has 2 aliphatic rings. The Morgan fingerprint density at radius 3 is 2.52 bits per heavy atom. The highest BCUT2D eigenvalue weighted by Crippen LogP contribution is 2.29. The van der Waals surface area contributed by atoms with Gasteiger partial charge in [0.2, 0.25) is 0 Å². The molecule has 0 bridgehead atoms. The molecule has 1 aliphatic carbocycles. The van der Waals surface area contributed by atoms with Gasteiger partial charge in [-0.25, -0.2) is 0 Å². The lowest BCUT2D eigenvalue weighted by atomic mass is 9.98. The molecular weight excluding hydrogens is 262 g/mol. The Morgan fingerprint density at radius 2 is 1.86 bits per heavy atom. The molecule has 3 rings (SSSR count). The predicted octanol–water partition coefficient (Wildman–Crippen LogP) is 2.09. The van der Waals surface area contributed by atoms with Crippen LogP contribution in [0.25, 0.3) is 0 Å². The molecule has 21 heavy (non-hydrogen) atoms. The molecule has 1 heterocycles. The Bertz CT molecular complexity index is 463. The molecule has 0 unspecified atom stereocenters. The Hall–Kier alpha value is -1.26. The van der Waals surface area contributed by atoms with Crippen molar-refractivity contribution in [2.24, 2.45) is 5.73 Å². The maximum absolute atomic E-state index is 6.50. The van der Waals surface area contributed by atoms with Gasteiger partial charge in [0.1, 0.15) is 5.75 Å². The highest BCUT2D eigenvalue weighted by atomic mass is 16.5. The Labute approximate surface area is 127 Å². The summed E-state index contributed by atoms with van der Waals surface area (Å²) in [5, 5.41) is 0. The van der Waals surface area contributed by atoms with Gasteiger partial charge in [0.15, 0.2) is 0 Å². The number of piperazine rings is 1. The minimum atomic E-state index is 0.0815. The van der Waals surface area contributed by atoms with Crippen molar-refractivity contribution in [3.63, 3.8) is 0 Å². The van der Waals surface area contributed by atoms with Crippen LogP contribution in [-0.4, -0.2) is 50.3 Å². The van der Waals surface area contributed by atoms with E-state index in [4.69, 9.17) is 10.5 Å². The molecule has 1 saturated heterocycles. The summed E-state index contributed by atoms with van der Waals surface area (Å²) >= 11 is 0. The highest BCUT2D eigenvalue weighted by Gasteiger charge is 2.32. The average Bonchev–Trinajstić information content (AvgIpc) is 2.94. The Balaban J connectivity index is 1.54. The molecule has 0 atom stereocenters. The summed E-state index contributed by atoms with van der Waals surface area (Å²) in [4.78, 5) is 4.98. The second kappa shape index (κ2) is 6.24. The lowest BCUT2D eigenvalue weighted by molar-refractivity contribution is 0.199. The minimum absolute atomic E-state index is 0.0815. The molecule has 0 spiro atoms. The molecule has 0 radical (unpaired) electrons. The van der Waals surface area contributed by atoms with E-state index in [1.54, 1.807) is 7.11 Å². The maximum Gasteiger partial charge on any atom is 0.120 e. The average molecular weight is 289 g/mol. The summed E-state index contributed by atoms with van der Waals surface area (Å²) in [7, 11) is 1.72. The van der Waals surface area contributed by atoms with Crippen LogP contribution < -0.4 is 15.4 Å². The standard InChI is InChI=1S/C17H27N3O/c1-21-16-6-4-5-15(13-16)20-11-9-19(10-12-20)14-17(18)7-2-3-8-17/h4-6,13H,2-3,7-12,14,18H2,1H3. The fourth-order valence-corrected chi connectivity index (χ4v) is 3.65.